The fourth-order valence-corrected chi connectivity index (χ4v) is 2.67. The van der Waals surface area contributed by atoms with Gasteiger partial charge in [0.25, 0.3) is 5.91 Å². The number of benzene rings is 1. The maximum Gasteiger partial charge on any atom is 0.254 e. The Hall–Kier alpha value is -1.65. The molecule has 1 aliphatic rings. The van der Waals surface area contributed by atoms with Gasteiger partial charge in [-0.05, 0) is 37.3 Å². The van der Waals surface area contributed by atoms with Crippen LogP contribution in [0.25, 0.3) is 0 Å². The van der Waals surface area contributed by atoms with Gasteiger partial charge in [-0.1, -0.05) is 13.8 Å². The number of piperidine rings is 1. The van der Waals surface area contributed by atoms with Gasteiger partial charge in [0.15, 0.2) is 0 Å². The highest BCUT2D eigenvalue weighted by molar-refractivity contribution is 5.94. The molecule has 5 heteroatoms. The zero-order valence-corrected chi connectivity index (χ0v) is 12.6. The van der Waals surface area contributed by atoms with Gasteiger partial charge < -0.3 is 10.2 Å². The molecule has 1 N–H and O–H groups in total. The predicted molar refractivity (Wildman–Crippen MR) is 79.4 cm³/mol. The summed E-state index contributed by atoms with van der Waals surface area (Å²) in [5.74, 6) is -1.28. The zero-order chi connectivity index (χ0) is 15.4. The summed E-state index contributed by atoms with van der Waals surface area (Å²) < 4.78 is 27.9. The lowest BCUT2D eigenvalue weighted by molar-refractivity contribution is 0.0682. The van der Waals surface area contributed by atoms with E-state index in [1.807, 2.05) is 6.92 Å². The van der Waals surface area contributed by atoms with Gasteiger partial charge >= 0.3 is 0 Å². The molecule has 1 saturated heterocycles. The van der Waals surface area contributed by atoms with Crippen LogP contribution in [0.3, 0.4) is 0 Å². The lowest BCUT2D eigenvalue weighted by Crippen LogP contribution is -2.39. The number of nitrogens with zero attached hydrogens (tertiary/aromatic N) is 1. The Balaban J connectivity index is 2.18. The van der Waals surface area contributed by atoms with E-state index in [4.69, 9.17) is 0 Å². The molecule has 0 radical (unpaired) electrons. The first kappa shape index (κ1) is 15.7. The zero-order valence-electron chi connectivity index (χ0n) is 12.6. The van der Waals surface area contributed by atoms with E-state index in [1.165, 1.54) is 0 Å². The summed E-state index contributed by atoms with van der Waals surface area (Å²) in [7, 11) is 0. The van der Waals surface area contributed by atoms with E-state index in [0.717, 1.165) is 31.4 Å². The predicted octanol–water partition coefficient (Wildman–Crippen LogP) is 3.66. The van der Waals surface area contributed by atoms with Crippen molar-refractivity contribution in [1.29, 1.82) is 0 Å². The monoisotopic (exact) mass is 296 g/mol. The van der Waals surface area contributed by atoms with Gasteiger partial charge in [0, 0.05) is 25.2 Å². The number of amides is 1. The number of anilines is 1. The summed E-state index contributed by atoms with van der Waals surface area (Å²) in [5.41, 5.74) is -0.0680. The summed E-state index contributed by atoms with van der Waals surface area (Å²) in [6.07, 6.45) is 2.80. The first-order valence-electron chi connectivity index (χ1n) is 7.55. The lowest BCUT2D eigenvalue weighted by Gasteiger charge is -2.31. The van der Waals surface area contributed by atoms with Gasteiger partial charge in [0.1, 0.15) is 17.3 Å². The standard InChI is InChI=1S/C16H22F2N2O/c1-3-6-19-15-13(17)8-12(9-14(15)18)16(21)20-7-4-5-11(2)10-20/h8-9,11,19H,3-7,10H2,1-2H3. The van der Waals surface area contributed by atoms with Crippen molar-refractivity contribution < 1.29 is 13.6 Å². The fraction of sp³-hybridized carbons (Fsp3) is 0.562. The molecule has 2 rings (SSSR count). The number of carbonyl (C=O) groups excluding carboxylic acids is 1. The molecule has 1 unspecified atom stereocenters. The Kier molecular flexibility index (Phi) is 5.15. The van der Waals surface area contributed by atoms with Crippen LogP contribution in [0.5, 0.6) is 0 Å². The molecular formula is C16H22F2N2O. The second-order valence-electron chi connectivity index (χ2n) is 5.74. The largest absolute Gasteiger partial charge is 0.380 e. The highest BCUT2D eigenvalue weighted by Gasteiger charge is 2.24. The normalized spacial score (nSPS) is 18.7. The summed E-state index contributed by atoms with van der Waals surface area (Å²) in [5, 5.41) is 2.71. The Morgan fingerprint density at radius 3 is 2.62 bits per heavy atom. The fourth-order valence-electron chi connectivity index (χ4n) is 2.67. The number of halogens is 2. The molecule has 1 aromatic rings. The van der Waals surface area contributed by atoms with Crippen molar-refractivity contribution >= 4 is 11.6 Å². The third-order valence-electron chi connectivity index (χ3n) is 3.79. The van der Waals surface area contributed by atoms with E-state index in [0.29, 0.717) is 25.6 Å². The minimum Gasteiger partial charge on any atom is -0.380 e. The molecule has 116 valence electrons. The van der Waals surface area contributed by atoms with Gasteiger partial charge in [-0.2, -0.15) is 0 Å². The molecule has 1 aromatic carbocycles. The summed E-state index contributed by atoms with van der Waals surface area (Å²) in [6.45, 7) is 5.79. The van der Waals surface area contributed by atoms with Crippen molar-refractivity contribution in [2.75, 3.05) is 25.0 Å². The molecule has 1 heterocycles. The van der Waals surface area contributed by atoms with Crippen LogP contribution in [0.4, 0.5) is 14.5 Å². The van der Waals surface area contributed by atoms with Crippen LogP contribution < -0.4 is 5.32 Å². The number of carbonyl (C=O) groups is 1. The molecular weight excluding hydrogens is 274 g/mol. The molecule has 0 bridgehead atoms. The summed E-state index contributed by atoms with van der Waals surface area (Å²) in [6, 6.07) is 2.26. The molecule has 1 atom stereocenters. The van der Waals surface area contributed by atoms with Crippen molar-refractivity contribution in [1.82, 2.24) is 4.90 Å². The smallest absolute Gasteiger partial charge is 0.254 e. The average molecular weight is 296 g/mol. The van der Waals surface area contributed by atoms with Gasteiger partial charge in [-0.25, -0.2) is 8.78 Å². The number of rotatable bonds is 4. The van der Waals surface area contributed by atoms with E-state index in [1.54, 1.807) is 4.90 Å². The van der Waals surface area contributed by atoms with E-state index in [9.17, 15) is 13.6 Å². The molecule has 0 aromatic heterocycles. The topological polar surface area (TPSA) is 32.3 Å². The van der Waals surface area contributed by atoms with Crippen LogP contribution >= 0.6 is 0 Å². The maximum absolute atomic E-state index is 14.0. The van der Waals surface area contributed by atoms with Crippen molar-refractivity contribution in [3.8, 4) is 0 Å². The van der Waals surface area contributed by atoms with E-state index < -0.39 is 11.6 Å². The first-order chi connectivity index (χ1) is 10.0. The molecule has 0 aliphatic carbocycles. The van der Waals surface area contributed by atoms with Crippen molar-refractivity contribution in [2.24, 2.45) is 5.92 Å². The second-order valence-corrected chi connectivity index (χ2v) is 5.74. The minimum absolute atomic E-state index is 0.0844. The molecule has 1 aliphatic heterocycles. The number of hydrogen-bond acceptors (Lipinski definition) is 2. The second kappa shape index (κ2) is 6.87. The molecule has 3 nitrogen and oxygen atoms in total. The highest BCUT2D eigenvalue weighted by Crippen LogP contribution is 2.23. The third kappa shape index (κ3) is 3.71. The van der Waals surface area contributed by atoms with Crippen molar-refractivity contribution in [3.63, 3.8) is 0 Å². The molecule has 21 heavy (non-hydrogen) atoms. The van der Waals surface area contributed by atoms with Crippen molar-refractivity contribution in [3.05, 3.63) is 29.3 Å². The summed E-state index contributed by atoms with van der Waals surface area (Å²) in [4.78, 5) is 14.0. The Morgan fingerprint density at radius 1 is 1.38 bits per heavy atom. The number of likely N-dealkylation sites (tertiary alicyclic amines) is 1. The van der Waals surface area contributed by atoms with Gasteiger partial charge in [0.2, 0.25) is 0 Å². The summed E-state index contributed by atoms with van der Waals surface area (Å²) >= 11 is 0. The van der Waals surface area contributed by atoms with E-state index in [2.05, 4.69) is 12.2 Å². The van der Waals surface area contributed by atoms with Crippen LogP contribution in [0.15, 0.2) is 12.1 Å². The number of hydrogen-bond donors (Lipinski definition) is 1. The molecule has 0 spiro atoms. The van der Waals surface area contributed by atoms with Crippen LogP contribution in [0.2, 0.25) is 0 Å². The van der Waals surface area contributed by atoms with Gasteiger partial charge in [0.05, 0.1) is 0 Å². The Bertz CT molecular complexity index is 496. The van der Waals surface area contributed by atoms with Crippen molar-refractivity contribution in [2.45, 2.75) is 33.1 Å². The van der Waals surface area contributed by atoms with Gasteiger partial charge in [-0.15, -0.1) is 0 Å². The molecule has 0 saturated carbocycles. The van der Waals surface area contributed by atoms with Crippen LogP contribution in [-0.4, -0.2) is 30.4 Å². The van der Waals surface area contributed by atoms with Crippen LogP contribution in [-0.2, 0) is 0 Å². The number of nitrogens with one attached hydrogen (secondary N) is 1. The lowest BCUT2D eigenvalue weighted by atomic mass is 9.99. The Labute approximate surface area is 124 Å². The van der Waals surface area contributed by atoms with E-state index >= 15 is 0 Å². The highest BCUT2D eigenvalue weighted by atomic mass is 19.1. The third-order valence-corrected chi connectivity index (χ3v) is 3.79. The Morgan fingerprint density at radius 2 is 2.05 bits per heavy atom. The van der Waals surface area contributed by atoms with E-state index in [-0.39, 0.29) is 17.2 Å². The first-order valence-corrected chi connectivity index (χ1v) is 7.55. The van der Waals surface area contributed by atoms with Crippen LogP contribution in [0.1, 0.15) is 43.5 Å². The average Bonchev–Trinajstić information content (AvgIpc) is 2.45. The maximum atomic E-state index is 14.0. The molecule has 1 fully saturated rings. The SMILES string of the molecule is CCCNc1c(F)cc(C(=O)N2CCCC(C)C2)cc1F. The molecule has 1 amide bonds. The van der Waals surface area contributed by atoms with Gasteiger partial charge in [-0.3, -0.25) is 4.79 Å². The van der Waals surface area contributed by atoms with Crippen LogP contribution in [0, 0.1) is 17.6 Å². The minimum atomic E-state index is -0.711. The quantitative estimate of drug-likeness (QED) is 0.919.